The lowest BCUT2D eigenvalue weighted by Crippen LogP contribution is -2.47. The number of pyridine rings is 1. The van der Waals surface area contributed by atoms with E-state index in [1.54, 1.807) is 23.7 Å². The number of hydrogen-bond donors (Lipinski definition) is 0. The molecule has 4 nitrogen and oxygen atoms in total. The van der Waals surface area contributed by atoms with Crippen LogP contribution in [-0.2, 0) is 6.54 Å². The number of hydrogen-bond acceptors (Lipinski definition) is 4. The van der Waals surface area contributed by atoms with Gasteiger partial charge in [0.25, 0.3) is 5.91 Å². The number of carbonyl (C=O) groups is 1. The van der Waals surface area contributed by atoms with Gasteiger partial charge in [0, 0.05) is 62.0 Å². The lowest BCUT2D eigenvalue weighted by atomic mass is 9.82. The van der Waals surface area contributed by atoms with Crippen molar-refractivity contribution in [3.63, 3.8) is 0 Å². The number of carbonyl (C=O) groups excluding carboxylic acids is 1. The Kier molecular flexibility index (Phi) is 5.17. The summed E-state index contributed by atoms with van der Waals surface area (Å²) in [4.78, 5) is 22.0. The molecule has 2 aliphatic rings. The van der Waals surface area contributed by atoms with Crippen molar-refractivity contribution in [1.82, 2.24) is 14.8 Å². The number of thiophene rings is 1. The van der Waals surface area contributed by atoms with E-state index < -0.39 is 0 Å². The zero-order valence-electron chi connectivity index (χ0n) is 16.4. The fourth-order valence-corrected chi connectivity index (χ4v) is 5.75. The Hall–Kier alpha value is -2.50. The van der Waals surface area contributed by atoms with E-state index in [1.807, 2.05) is 12.1 Å². The first-order valence-corrected chi connectivity index (χ1v) is 11.2. The van der Waals surface area contributed by atoms with Gasteiger partial charge >= 0.3 is 0 Å². The average molecular weight is 404 g/mol. The molecule has 0 unspecified atom stereocenters. The SMILES string of the molecule is O=C(c1ccncc1)N1C[C@H](c2ccsc2)[C@H]2CN(Cc3ccccc3)CC[C@H]21. The molecule has 0 spiro atoms. The molecule has 2 fully saturated rings. The number of rotatable bonds is 4. The first kappa shape index (κ1) is 18.5. The smallest absolute Gasteiger partial charge is 0.254 e. The Bertz CT molecular complexity index is 945. The largest absolute Gasteiger partial charge is 0.335 e. The summed E-state index contributed by atoms with van der Waals surface area (Å²) in [6.45, 7) is 3.87. The standard InChI is InChI=1S/C24H25N3OS/c28-24(19-6-10-25-11-7-19)27-16-21(20-9-13-29-17-20)22-15-26(12-8-23(22)27)14-18-4-2-1-3-5-18/h1-7,9-11,13,17,21-23H,8,12,14-16H2/t21-,22-,23-/m1/s1. The van der Waals surface area contributed by atoms with Crippen LogP contribution in [0.25, 0.3) is 0 Å². The van der Waals surface area contributed by atoms with Crippen molar-refractivity contribution in [2.24, 2.45) is 5.92 Å². The number of fused-ring (bicyclic) bond motifs is 1. The Morgan fingerprint density at radius 1 is 1.07 bits per heavy atom. The second-order valence-electron chi connectivity index (χ2n) is 8.10. The highest BCUT2D eigenvalue weighted by atomic mass is 32.1. The fourth-order valence-electron chi connectivity index (χ4n) is 5.02. The van der Waals surface area contributed by atoms with Crippen molar-refractivity contribution in [3.05, 3.63) is 88.4 Å². The first-order valence-electron chi connectivity index (χ1n) is 10.3. The van der Waals surface area contributed by atoms with E-state index >= 15 is 0 Å². The minimum Gasteiger partial charge on any atom is -0.335 e. The first-order chi connectivity index (χ1) is 14.3. The van der Waals surface area contributed by atoms with E-state index in [0.717, 1.165) is 38.2 Å². The summed E-state index contributed by atoms with van der Waals surface area (Å²) in [6.07, 6.45) is 4.45. The van der Waals surface area contributed by atoms with Gasteiger partial charge in [-0.1, -0.05) is 30.3 Å². The van der Waals surface area contributed by atoms with Gasteiger partial charge in [-0.2, -0.15) is 11.3 Å². The molecular formula is C24H25N3OS. The minimum absolute atomic E-state index is 0.150. The molecule has 0 aliphatic carbocycles. The Morgan fingerprint density at radius 2 is 1.90 bits per heavy atom. The summed E-state index contributed by atoms with van der Waals surface area (Å²) in [5, 5.41) is 4.42. The van der Waals surface area contributed by atoms with Crippen molar-refractivity contribution < 1.29 is 4.79 Å². The summed E-state index contributed by atoms with van der Waals surface area (Å²) in [5.41, 5.74) is 3.49. The van der Waals surface area contributed by atoms with Crippen LogP contribution in [0.5, 0.6) is 0 Å². The molecule has 0 radical (unpaired) electrons. The van der Waals surface area contributed by atoms with E-state index in [2.05, 4.69) is 61.9 Å². The number of nitrogens with zero attached hydrogens (tertiary/aromatic N) is 3. The molecule has 29 heavy (non-hydrogen) atoms. The molecule has 1 amide bonds. The molecular weight excluding hydrogens is 378 g/mol. The van der Waals surface area contributed by atoms with Gasteiger partial charge in [0.15, 0.2) is 0 Å². The lowest BCUT2D eigenvalue weighted by Gasteiger charge is -2.39. The summed E-state index contributed by atoms with van der Waals surface area (Å²) >= 11 is 1.75. The molecule has 0 bridgehead atoms. The maximum Gasteiger partial charge on any atom is 0.254 e. The Labute approximate surface area is 175 Å². The van der Waals surface area contributed by atoms with Crippen molar-refractivity contribution >= 4 is 17.2 Å². The predicted molar refractivity (Wildman–Crippen MR) is 116 cm³/mol. The maximum atomic E-state index is 13.3. The monoisotopic (exact) mass is 403 g/mol. The Morgan fingerprint density at radius 3 is 2.66 bits per heavy atom. The van der Waals surface area contributed by atoms with Crippen LogP contribution >= 0.6 is 11.3 Å². The Balaban J connectivity index is 1.39. The second-order valence-corrected chi connectivity index (χ2v) is 8.88. The van der Waals surface area contributed by atoms with E-state index in [-0.39, 0.29) is 5.91 Å². The summed E-state index contributed by atoms with van der Waals surface area (Å²) in [5.74, 6) is 1.04. The van der Waals surface area contributed by atoms with E-state index in [9.17, 15) is 4.79 Å². The summed E-state index contributed by atoms with van der Waals surface area (Å²) in [6, 6.07) is 16.9. The molecule has 3 aromatic rings. The molecule has 148 valence electrons. The zero-order valence-corrected chi connectivity index (χ0v) is 17.2. The van der Waals surface area contributed by atoms with Crippen LogP contribution in [0.2, 0.25) is 0 Å². The number of piperidine rings is 1. The normalized spacial score (nSPS) is 24.4. The van der Waals surface area contributed by atoms with E-state index in [1.165, 1.54) is 11.1 Å². The highest BCUT2D eigenvalue weighted by Crippen LogP contribution is 2.42. The van der Waals surface area contributed by atoms with Gasteiger partial charge < -0.3 is 4.90 Å². The van der Waals surface area contributed by atoms with Gasteiger partial charge in [0.05, 0.1) is 0 Å². The minimum atomic E-state index is 0.150. The van der Waals surface area contributed by atoms with Gasteiger partial charge in [-0.25, -0.2) is 0 Å². The number of amides is 1. The topological polar surface area (TPSA) is 36.4 Å². The van der Waals surface area contributed by atoms with Gasteiger partial charge in [0.1, 0.15) is 0 Å². The molecule has 3 atom stereocenters. The fraction of sp³-hybridized carbons (Fsp3) is 0.333. The number of benzene rings is 1. The summed E-state index contributed by atoms with van der Waals surface area (Å²) < 4.78 is 0. The van der Waals surface area contributed by atoms with Crippen LogP contribution in [0.1, 0.15) is 33.8 Å². The van der Waals surface area contributed by atoms with Crippen LogP contribution in [0, 0.1) is 5.92 Å². The number of aromatic nitrogens is 1. The molecule has 2 aromatic heterocycles. The van der Waals surface area contributed by atoms with Gasteiger partial charge in [-0.3, -0.25) is 14.7 Å². The second kappa shape index (κ2) is 8.09. The highest BCUT2D eigenvalue weighted by Gasteiger charge is 2.47. The van der Waals surface area contributed by atoms with E-state index in [4.69, 9.17) is 0 Å². The molecule has 5 rings (SSSR count). The van der Waals surface area contributed by atoms with Crippen LogP contribution < -0.4 is 0 Å². The van der Waals surface area contributed by atoms with Crippen molar-refractivity contribution in [1.29, 1.82) is 0 Å². The van der Waals surface area contributed by atoms with Crippen LogP contribution in [0.15, 0.2) is 71.7 Å². The molecule has 5 heteroatoms. The average Bonchev–Trinajstić information content (AvgIpc) is 3.42. The lowest BCUT2D eigenvalue weighted by molar-refractivity contribution is 0.0614. The molecule has 4 heterocycles. The zero-order chi connectivity index (χ0) is 19.6. The molecule has 2 saturated heterocycles. The van der Waals surface area contributed by atoms with Gasteiger partial charge in [-0.15, -0.1) is 0 Å². The third kappa shape index (κ3) is 3.72. The predicted octanol–water partition coefficient (Wildman–Crippen LogP) is 4.27. The van der Waals surface area contributed by atoms with Crippen LogP contribution in [0.3, 0.4) is 0 Å². The van der Waals surface area contributed by atoms with E-state index in [0.29, 0.717) is 17.9 Å². The molecule has 2 aliphatic heterocycles. The van der Waals surface area contributed by atoms with Crippen LogP contribution in [0.4, 0.5) is 0 Å². The van der Waals surface area contributed by atoms with Gasteiger partial charge in [0.2, 0.25) is 0 Å². The van der Waals surface area contributed by atoms with Crippen molar-refractivity contribution in [3.8, 4) is 0 Å². The molecule has 1 aromatic carbocycles. The maximum absolute atomic E-state index is 13.3. The molecule has 0 N–H and O–H groups in total. The summed E-state index contributed by atoms with van der Waals surface area (Å²) in [7, 11) is 0. The highest BCUT2D eigenvalue weighted by molar-refractivity contribution is 7.08. The van der Waals surface area contributed by atoms with Gasteiger partial charge in [-0.05, 0) is 46.5 Å². The van der Waals surface area contributed by atoms with Crippen molar-refractivity contribution in [2.75, 3.05) is 19.6 Å². The quantitative estimate of drug-likeness (QED) is 0.653. The number of likely N-dealkylation sites (tertiary alicyclic amines) is 2. The van der Waals surface area contributed by atoms with Crippen LogP contribution in [-0.4, -0.2) is 46.4 Å². The van der Waals surface area contributed by atoms with Crippen molar-refractivity contribution in [2.45, 2.75) is 24.9 Å². The molecule has 0 saturated carbocycles. The third-order valence-corrected chi connectivity index (χ3v) is 7.12. The third-order valence-electron chi connectivity index (χ3n) is 6.42.